The summed E-state index contributed by atoms with van der Waals surface area (Å²) in [6, 6.07) is 25.2. The van der Waals surface area contributed by atoms with Gasteiger partial charge >= 0.3 is 5.97 Å². The standard InChI is InChI=1S/C30H22ClN3O5S/c1-38-24-15-18(13-14-23(24)39-30(37)28-27(31)22-10-4-5-12-25(22)40-28)16-33-34-26(35)17-32-29(36)21-11-6-8-19-7-2-3-9-20(19)21/h2-16H,17H2,1H3,(H,32,36)(H,34,35)/b33-16-. The Labute approximate surface area is 238 Å². The largest absolute Gasteiger partial charge is 0.493 e. The van der Waals surface area contributed by atoms with Crippen molar-refractivity contribution in [2.45, 2.75) is 0 Å². The molecule has 0 saturated heterocycles. The lowest BCUT2D eigenvalue weighted by atomic mass is 10.0. The highest BCUT2D eigenvalue weighted by Crippen LogP contribution is 2.37. The number of halogens is 1. The van der Waals surface area contributed by atoms with Crippen LogP contribution in [0.15, 0.2) is 90.0 Å². The van der Waals surface area contributed by atoms with Gasteiger partial charge in [-0.1, -0.05) is 66.2 Å². The Morgan fingerprint density at radius 3 is 2.48 bits per heavy atom. The zero-order valence-corrected chi connectivity index (χ0v) is 22.7. The zero-order chi connectivity index (χ0) is 28.1. The van der Waals surface area contributed by atoms with Crippen LogP contribution in [0.25, 0.3) is 20.9 Å². The smallest absolute Gasteiger partial charge is 0.355 e. The Morgan fingerprint density at radius 2 is 1.68 bits per heavy atom. The highest BCUT2D eigenvalue weighted by Gasteiger charge is 2.20. The van der Waals surface area contributed by atoms with E-state index in [4.69, 9.17) is 21.1 Å². The van der Waals surface area contributed by atoms with E-state index < -0.39 is 11.9 Å². The van der Waals surface area contributed by atoms with Gasteiger partial charge in [0.05, 0.1) is 24.9 Å². The van der Waals surface area contributed by atoms with E-state index in [1.165, 1.54) is 24.7 Å². The molecule has 4 aromatic carbocycles. The van der Waals surface area contributed by atoms with Crippen LogP contribution in [0, 0.1) is 0 Å². The number of hydrogen-bond acceptors (Lipinski definition) is 7. The van der Waals surface area contributed by atoms with Crippen molar-refractivity contribution in [1.82, 2.24) is 10.7 Å². The van der Waals surface area contributed by atoms with Crippen LogP contribution in [-0.2, 0) is 4.79 Å². The number of fused-ring (bicyclic) bond motifs is 2. The summed E-state index contributed by atoms with van der Waals surface area (Å²) in [5.74, 6) is -0.949. The van der Waals surface area contributed by atoms with Gasteiger partial charge in [-0.15, -0.1) is 11.3 Å². The third kappa shape index (κ3) is 5.80. The van der Waals surface area contributed by atoms with Crippen molar-refractivity contribution in [2.75, 3.05) is 13.7 Å². The molecule has 0 fully saturated rings. The first-order valence-corrected chi connectivity index (χ1v) is 13.3. The SMILES string of the molecule is COc1cc(/C=N\NC(=O)CNC(=O)c2cccc3ccccc23)ccc1OC(=O)c1sc2ccccc2c1Cl. The molecule has 0 saturated carbocycles. The van der Waals surface area contributed by atoms with Crippen molar-refractivity contribution >= 4 is 67.8 Å². The topological polar surface area (TPSA) is 106 Å². The quantitative estimate of drug-likeness (QED) is 0.106. The molecule has 40 heavy (non-hydrogen) atoms. The van der Waals surface area contributed by atoms with Crippen LogP contribution >= 0.6 is 22.9 Å². The highest BCUT2D eigenvalue weighted by molar-refractivity contribution is 7.21. The second-order valence-electron chi connectivity index (χ2n) is 8.54. The number of benzene rings is 4. The summed E-state index contributed by atoms with van der Waals surface area (Å²) in [6.45, 7) is -0.252. The highest BCUT2D eigenvalue weighted by atomic mass is 35.5. The van der Waals surface area contributed by atoms with E-state index in [-0.39, 0.29) is 18.2 Å². The number of carbonyl (C=O) groups excluding carboxylic acids is 3. The molecule has 0 aliphatic heterocycles. The predicted molar refractivity (Wildman–Crippen MR) is 157 cm³/mol. The van der Waals surface area contributed by atoms with Gasteiger partial charge in [-0.3, -0.25) is 9.59 Å². The monoisotopic (exact) mass is 571 g/mol. The van der Waals surface area contributed by atoms with Gasteiger partial charge in [-0.2, -0.15) is 5.10 Å². The molecule has 200 valence electrons. The van der Waals surface area contributed by atoms with Gasteiger partial charge in [0.25, 0.3) is 11.8 Å². The molecule has 0 unspecified atom stereocenters. The fourth-order valence-electron chi connectivity index (χ4n) is 4.04. The molecular formula is C30H22ClN3O5S. The van der Waals surface area contributed by atoms with Crippen LogP contribution in [0.5, 0.6) is 11.5 Å². The number of amides is 2. The summed E-state index contributed by atoms with van der Waals surface area (Å²) < 4.78 is 11.8. The number of esters is 1. The average molecular weight is 572 g/mol. The number of nitrogens with one attached hydrogen (secondary N) is 2. The van der Waals surface area contributed by atoms with E-state index >= 15 is 0 Å². The van der Waals surface area contributed by atoms with Crippen molar-refractivity contribution in [3.8, 4) is 11.5 Å². The lowest BCUT2D eigenvalue weighted by Gasteiger charge is -2.09. The lowest BCUT2D eigenvalue weighted by Crippen LogP contribution is -2.35. The maximum atomic E-state index is 12.8. The minimum Gasteiger partial charge on any atom is -0.493 e. The third-order valence-electron chi connectivity index (χ3n) is 5.96. The van der Waals surface area contributed by atoms with E-state index in [9.17, 15) is 14.4 Å². The molecular weight excluding hydrogens is 550 g/mol. The molecule has 8 nitrogen and oxygen atoms in total. The van der Waals surface area contributed by atoms with Gasteiger partial charge < -0.3 is 14.8 Å². The number of rotatable bonds is 8. The van der Waals surface area contributed by atoms with E-state index in [0.29, 0.717) is 26.8 Å². The summed E-state index contributed by atoms with van der Waals surface area (Å²) >= 11 is 7.65. The summed E-state index contributed by atoms with van der Waals surface area (Å²) in [4.78, 5) is 37.9. The summed E-state index contributed by atoms with van der Waals surface area (Å²) in [5.41, 5.74) is 3.44. The fourth-order valence-corrected chi connectivity index (χ4v) is 5.42. The number of carbonyl (C=O) groups is 3. The normalized spacial score (nSPS) is 11.1. The van der Waals surface area contributed by atoms with Crippen molar-refractivity contribution in [3.63, 3.8) is 0 Å². The molecule has 0 aliphatic carbocycles. The van der Waals surface area contributed by atoms with Crippen LogP contribution < -0.4 is 20.2 Å². The molecule has 2 N–H and O–H groups in total. The van der Waals surface area contributed by atoms with Crippen molar-refractivity contribution in [3.05, 3.63) is 106 Å². The predicted octanol–water partition coefficient (Wildman–Crippen LogP) is 5.82. The zero-order valence-electron chi connectivity index (χ0n) is 21.1. The maximum absolute atomic E-state index is 12.8. The second kappa shape index (κ2) is 12.0. The van der Waals surface area contributed by atoms with Crippen molar-refractivity contribution in [2.24, 2.45) is 5.10 Å². The maximum Gasteiger partial charge on any atom is 0.355 e. The molecule has 0 spiro atoms. The Kier molecular flexibility index (Phi) is 8.04. The number of methoxy groups -OCH3 is 1. The van der Waals surface area contributed by atoms with Crippen LogP contribution in [-0.4, -0.2) is 37.7 Å². The van der Waals surface area contributed by atoms with Gasteiger partial charge in [0.2, 0.25) is 0 Å². The third-order valence-corrected chi connectivity index (χ3v) is 7.61. The van der Waals surface area contributed by atoms with E-state index in [1.54, 1.807) is 30.3 Å². The molecule has 1 heterocycles. The lowest BCUT2D eigenvalue weighted by molar-refractivity contribution is -0.120. The van der Waals surface area contributed by atoms with Gasteiger partial charge in [0, 0.05) is 15.6 Å². The number of ether oxygens (including phenoxy) is 2. The molecule has 0 atom stereocenters. The first kappa shape index (κ1) is 26.9. The van der Waals surface area contributed by atoms with Gasteiger partial charge in [-0.25, -0.2) is 10.2 Å². The number of thiophene rings is 1. The second-order valence-corrected chi connectivity index (χ2v) is 9.97. The first-order chi connectivity index (χ1) is 19.4. The summed E-state index contributed by atoms with van der Waals surface area (Å²) in [5, 5.41) is 9.41. The Balaban J connectivity index is 1.18. The van der Waals surface area contributed by atoms with Gasteiger partial charge in [-0.05, 0) is 46.7 Å². The molecule has 0 bridgehead atoms. The van der Waals surface area contributed by atoms with Crippen LogP contribution in [0.4, 0.5) is 0 Å². The number of hydrazone groups is 1. The Morgan fingerprint density at radius 1 is 0.925 bits per heavy atom. The average Bonchev–Trinajstić information content (AvgIpc) is 3.32. The fraction of sp³-hybridized carbons (Fsp3) is 0.0667. The van der Waals surface area contributed by atoms with Crippen LogP contribution in [0.3, 0.4) is 0 Å². The minimum atomic E-state index is -0.594. The van der Waals surface area contributed by atoms with Gasteiger partial charge in [0.15, 0.2) is 11.5 Å². The van der Waals surface area contributed by atoms with Crippen molar-refractivity contribution in [1.29, 1.82) is 0 Å². The van der Waals surface area contributed by atoms with Gasteiger partial charge in [0.1, 0.15) is 4.88 Å². The molecule has 5 aromatic rings. The molecule has 10 heteroatoms. The van der Waals surface area contributed by atoms with E-state index in [1.807, 2.05) is 54.6 Å². The Bertz CT molecular complexity index is 1780. The van der Waals surface area contributed by atoms with Crippen molar-refractivity contribution < 1.29 is 23.9 Å². The first-order valence-electron chi connectivity index (χ1n) is 12.1. The van der Waals surface area contributed by atoms with E-state index in [2.05, 4.69) is 15.8 Å². The summed E-state index contributed by atoms with van der Waals surface area (Å²) in [7, 11) is 1.44. The molecule has 1 aromatic heterocycles. The molecule has 0 aliphatic rings. The molecule has 0 radical (unpaired) electrons. The molecule has 5 rings (SSSR count). The van der Waals surface area contributed by atoms with Crippen LogP contribution in [0.1, 0.15) is 25.6 Å². The Hall–Kier alpha value is -4.73. The number of hydrogen-bond donors (Lipinski definition) is 2. The molecule has 2 amide bonds. The minimum absolute atomic E-state index is 0.207. The van der Waals surface area contributed by atoms with Crippen LogP contribution in [0.2, 0.25) is 5.02 Å². The van der Waals surface area contributed by atoms with E-state index in [0.717, 1.165) is 20.9 Å². The summed E-state index contributed by atoms with van der Waals surface area (Å²) in [6.07, 6.45) is 1.40. The number of nitrogens with zero attached hydrogens (tertiary/aromatic N) is 1.